The Balaban J connectivity index is 2.77. The molecule has 1 aromatic heterocycles. The predicted molar refractivity (Wildman–Crippen MR) is 61.6 cm³/mol. The average molecular weight is 246 g/mol. The normalized spacial score (nSPS) is 12.5. The number of anilines is 1. The van der Waals surface area contributed by atoms with Crippen molar-refractivity contribution in [3.8, 4) is 0 Å². The topological polar surface area (TPSA) is 59.1 Å². The summed E-state index contributed by atoms with van der Waals surface area (Å²) in [7, 11) is -3.20. The van der Waals surface area contributed by atoms with Gasteiger partial charge >= 0.3 is 0 Å². The Hall–Kier alpha value is -1.17. The molecule has 0 saturated heterocycles. The van der Waals surface area contributed by atoms with Crippen molar-refractivity contribution in [2.45, 2.75) is 18.6 Å². The molecule has 0 aliphatic rings. The van der Waals surface area contributed by atoms with E-state index in [0.717, 1.165) is 6.26 Å². The lowest BCUT2D eigenvalue weighted by Crippen LogP contribution is -2.38. The van der Waals surface area contributed by atoms with Gasteiger partial charge in [-0.1, -0.05) is 0 Å². The third-order valence-corrected chi connectivity index (χ3v) is 4.60. The smallest absolute Gasteiger partial charge is 0.165 e. The van der Waals surface area contributed by atoms with Crippen molar-refractivity contribution in [3.05, 3.63) is 24.1 Å². The van der Waals surface area contributed by atoms with Crippen LogP contribution in [0.1, 0.15) is 13.8 Å². The molecule has 0 saturated carbocycles. The van der Waals surface area contributed by atoms with E-state index in [2.05, 4.69) is 10.3 Å². The molecule has 6 heteroatoms. The van der Waals surface area contributed by atoms with Crippen molar-refractivity contribution < 1.29 is 12.8 Å². The van der Waals surface area contributed by atoms with Gasteiger partial charge < -0.3 is 5.32 Å². The highest BCUT2D eigenvalue weighted by molar-refractivity contribution is 7.92. The van der Waals surface area contributed by atoms with Crippen LogP contribution in [0, 0.1) is 5.82 Å². The first-order valence-electron chi connectivity index (χ1n) is 4.78. The standard InChI is InChI=1S/C10H15FN2O2S/c1-10(2,16(3,14)15)7-13-9-8(11)5-4-6-12-9/h4-6H,7H2,1-3H3,(H,12,13). The van der Waals surface area contributed by atoms with Gasteiger partial charge in [-0.3, -0.25) is 0 Å². The number of nitrogens with zero attached hydrogens (tertiary/aromatic N) is 1. The Morgan fingerprint density at radius 1 is 1.50 bits per heavy atom. The number of aromatic nitrogens is 1. The van der Waals surface area contributed by atoms with Crippen LogP contribution >= 0.6 is 0 Å². The van der Waals surface area contributed by atoms with E-state index < -0.39 is 20.4 Å². The molecule has 0 unspecified atom stereocenters. The van der Waals surface area contributed by atoms with Crippen LogP contribution in [0.5, 0.6) is 0 Å². The third-order valence-electron chi connectivity index (χ3n) is 2.44. The molecule has 0 radical (unpaired) electrons. The van der Waals surface area contributed by atoms with Crippen molar-refractivity contribution in [1.82, 2.24) is 4.98 Å². The van der Waals surface area contributed by atoms with Crippen LogP contribution in [0.2, 0.25) is 0 Å². The number of hydrogen-bond donors (Lipinski definition) is 1. The molecule has 0 fully saturated rings. The van der Waals surface area contributed by atoms with Crippen LogP contribution in [0.3, 0.4) is 0 Å². The summed E-state index contributed by atoms with van der Waals surface area (Å²) >= 11 is 0. The van der Waals surface area contributed by atoms with Crippen molar-refractivity contribution in [2.24, 2.45) is 0 Å². The molecule has 0 spiro atoms. The molecule has 0 amide bonds. The minimum Gasteiger partial charge on any atom is -0.366 e. The van der Waals surface area contributed by atoms with Crippen molar-refractivity contribution in [1.29, 1.82) is 0 Å². The van der Waals surface area contributed by atoms with E-state index in [-0.39, 0.29) is 12.4 Å². The molecule has 0 bridgehead atoms. The van der Waals surface area contributed by atoms with Gasteiger partial charge in [0.05, 0.1) is 4.75 Å². The maximum atomic E-state index is 13.2. The van der Waals surface area contributed by atoms with Gasteiger partial charge in [0, 0.05) is 19.0 Å². The minimum absolute atomic E-state index is 0.0687. The van der Waals surface area contributed by atoms with E-state index >= 15 is 0 Å². The average Bonchev–Trinajstić information content (AvgIpc) is 2.15. The maximum Gasteiger partial charge on any atom is 0.165 e. The molecule has 0 aliphatic heterocycles. The van der Waals surface area contributed by atoms with Crippen LogP contribution < -0.4 is 5.32 Å². The first-order chi connectivity index (χ1) is 7.24. The Kier molecular flexibility index (Phi) is 3.52. The number of pyridine rings is 1. The third kappa shape index (κ3) is 2.91. The van der Waals surface area contributed by atoms with Gasteiger partial charge in [-0.05, 0) is 26.0 Å². The molecule has 0 aromatic carbocycles. The largest absolute Gasteiger partial charge is 0.366 e. The number of rotatable bonds is 4. The lowest BCUT2D eigenvalue weighted by molar-refractivity contribution is 0.558. The summed E-state index contributed by atoms with van der Waals surface area (Å²) in [5, 5.41) is 2.69. The van der Waals surface area contributed by atoms with Crippen LogP contribution in [-0.4, -0.2) is 30.9 Å². The zero-order valence-corrected chi connectivity index (χ0v) is 10.3. The van der Waals surface area contributed by atoms with E-state index in [9.17, 15) is 12.8 Å². The monoisotopic (exact) mass is 246 g/mol. The quantitative estimate of drug-likeness (QED) is 0.873. The zero-order valence-electron chi connectivity index (χ0n) is 9.49. The number of sulfone groups is 1. The highest BCUT2D eigenvalue weighted by atomic mass is 32.2. The summed E-state index contributed by atoms with van der Waals surface area (Å²) in [4.78, 5) is 3.78. The SMILES string of the molecule is CC(C)(CNc1ncccc1F)S(C)(=O)=O. The van der Waals surface area contributed by atoms with Gasteiger partial charge in [-0.25, -0.2) is 17.8 Å². The van der Waals surface area contributed by atoms with Crippen molar-refractivity contribution in [2.75, 3.05) is 18.1 Å². The van der Waals surface area contributed by atoms with Gasteiger partial charge in [0.2, 0.25) is 0 Å². The fraction of sp³-hybridized carbons (Fsp3) is 0.500. The molecule has 1 aromatic rings. The molecule has 4 nitrogen and oxygen atoms in total. The van der Waals surface area contributed by atoms with Gasteiger partial charge in [0.15, 0.2) is 21.5 Å². The van der Waals surface area contributed by atoms with Gasteiger partial charge in [0.1, 0.15) is 0 Å². The first kappa shape index (κ1) is 12.9. The summed E-state index contributed by atoms with van der Waals surface area (Å²) in [6.07, 6.45) is 2.60. The van der Waals surface area contributed by atoms with Crippen molar-refractivity contribution >= 4 is 15.7 Å². The lowest BCUT2D eigenvalue weighted by Gasteiger charge is -2.23. The second-order valence-corrected chi connectivity index (χ2v) is 6.87. The summed E-state index contributed by atoms with van der Waals surface area (Å²) < 4.78 is 35.0. The van der Waals surface area contributed by atoms with E-state index in [1.54, 1.807) is 13.8 Å². The first-order valence-corrected chi connectivity index (χ1v) is 6.67. The number of hydrogen-bond acceptors (Lipinski definition) is 4. The van der Waals surface area contributed by atoms with E-state index in [1.165, 1.54) is 18.3 Å². The van der Waals surface area contributed by atoms with Crippen LogP contribution in [0.4, 0.5) is 10.2 Å². The Bertz CT molecular complexity index is 471. The molecule has 1 heterocycles. The summed E-state index contributed by atoms with van der Waals surface area (Å²) in [5.41, 5.74) is 0. The van der Waals surface area contributed by atoms with Gasteiger partial charge in [0.25, 0.3) is 0 Å². The number of halogens is 1. The summed E-state index contributed by atoms with van der Waals surface area (Å²) in [6.45, 7) is 3.27. The van der Waals surface area contributed by atoms with E-state index in [4.69, 9.17) is 0 Å². The number of nitrogens with one attached hydrogen (secondary N) is 1. The minimum atomic E-state index is -3.20. The molecule has 1 N–H and O–H groups in total. The van der Waals surface area contributed by atoms with Crippen LogP contribution in [0.15, 0.2) is 18.3 Å². The molecule has 90 valence electrons. The highest BCUT2D eigenvalue weighted by Crippen LogP contribution is 2.17. The van der Waals surface area contributed by atoms with Crippen molar-refractivity contribution in [3.63, 3.8) is 0 Å². The van der Waals surface area contributed by atoms with Crippen LogP contribution in [0.25, 0.3) is 0 Å². The zero-order chi connectivity index (χ0) is 12.4. The van der Waals surface area contributed by atoms with Crippen LogP contribution in [-0.2, 0) is 9.84 Å². The predicted octanol–water partition coefficient (Wildman–Crippen LogP) is 1.46. The summed E-state index contributed by atoms with van der Waals surface area (Å²) in [6, 6.07) is 2.74. The molecule has 16 heavy (non-hydrogen) atoms. The van der Waals surface area contributed by atoms with Gasteiger partial charge in [-0.2, -0.15) is 0 Å². The lowest BCUT2D eigenvalue weighted by atomic mass is 10.2. The Morgan fingerprint density at radius 2 is 2.12 bits per heavy atom. The second kappa shape index (κ2) is 4.37. The van der Waals surface area contributed by atoms with E-state index in [1.807, 2.05) is 0 Å². The Labute approximate surface area is 94.8 Å². The second-order valence-electron chi connectivity index (χ2n) is 4.22. The molecule has 1 rings (SSSR count). The fourth-order valence-corrected chi connectivity index (χ4v) is 1.28. The summed E-state index contributed by atoms with van der Waals surface area (Å²) in [5.74, 6) is -0.425. The fourth-order valence-electron chi connectivity index (χ4n) is 0.943. The Morgan fingerprint density at radius 3 is 2.62 bits per heavy atom. The molecule has 0 atom stereocenters. The molecular formula is C10H15FN2O2S. The van der Waals surface area contributed by atoms with Gasteiger partial charge in [-0.15, -0.1) is 0 Å². The maximum absolute atomic E-state index is 13.2. The molecule has 0 aliphatic carbocycles. The molecular weight excluding hydrogens is 231 g/mol. The highest BCUT2D eigenvalue weighted by Gasteiger charge is 2.30. The van der Waals surface area contributed by atoms with E-state index in [0.29, 0.717) is 0 Å².